The second-order valence-electron chi connectivity index (χ2n) is 4.53. The maximum atomic E-state index is 10.5. The third-order valence-corrected chi connectivity index (χ3v) is 3.78. The highest BCUT2D eigenvalue weighted by molar-refractivity contribution is 6.30. The molecule has 0 heterocycles. The van der Waals surface area contributed by atoms with Crippen LogP contribution in [0.25, 0.3) is 11.1 Å². The molecule has 4 heteroatoms. The minimum atomic E-state index is -0.826. The van der Waals surface area contributed by atoms with E-state index in [1.54, 1.807) is 0 Å². The molecule has 0 saturated heterocycles. The molecule has 0 spiro atoms. The molecule has 20 heavy (non-hydrogen) atoms. The zero-order chi connectivity index (χ0) is 14.5. The lowest BCUT2D eigenvalue weighted by atomic mass is 10.0. The Morgan fingerprint density at radius 1 is 1.00 bits per heavy atom. The number of carboxylic acids is 1. The molecule has 2 aromatic carbocycles. The van der Waals surface area contributed by atoms with E-state index in [1.807, 2.05) is 48.5 Å². The quantitative estimate of drug-likeness (QED) is 0.775. The Morgan fingerprint density at radius 3 is 2.00 bits per heavy atom. The average Bonchev–Trinajstić information content (AvgIpc) is 2.46. The van der Waals surface area contributed by atoms with Gasteiger partial charge in [-0.15, -0.1) is 11.6 Å². The zero-order valence-corrected chi connectivity index (χ0v) is 12.2. The predicted molar refractivity (Wildman–Crippen MR) is 82.4 cm³/mol. The molecule has 0 aliphatic rings. The first-order valence-electron chi connectivity index (χ1n) is 6.28. The smallest absolute Gasteiger partial charge is 0.303 e. The number of carboxylic acid groups (broad SMARTS) is 1. The Balaban J connectivity index is 2.09. The molecule has 0 radical (unpaired) electrons. The number of aliphatic carboxylic acids is 1. The molecular weight excluding hydrogens is 295 g/mol. The lowest BCUT2D eigenvalue weighted by molar-refractivity contribution is -0.137. The first-order chi connectivity index (χ1) is 9.56. The van der Waals surface area contributed by atoms with Gasteiger partial charge in [-0.2, -0.15) is 0 Å². The Labute approximate surface area is 128 Å². The predicted octanol–water partition coefficient (Wildman–Crippen LogP) is 5.15. The van der Waals surface area contributed by atoms with Crippen LogP contribution in [0.4, 0.5) is 0 Å². The van der Waals surface area contributed by atoms with Gasteiger partial charge < -0.3 is 5.11 Å². The summed E-state index contributed by atoms with van der Waals surface area (Å²) < 4.78 is 0. The van der Waals surface area contributed by atoms with Gasteiger partial charge in [0.05, 0.1) is 5.38 Å². The van der Waals surface area contributed by atoms with E-state index in [4.69, 9.17) is 28.3 Å². The first kappa shape index (κ1) is 14.9. The molecule has 1 atom stereocenters. The van der Waals surface area contributed by atoms with E-state index in [2.05, 4.69) is 0 Å². The van der Waals surface area contributed by atoms with E-state index >= 15 is 0 Å². The number of alkyl halides is 1. The summed E-state index contributed by atoms with van der Waals surface area (Å²) in [4.78, 5) is 10.5. The van der Waals surface area contributed by atoms with Crippen molar-refractivity contribution in [3.63, 3.8) is 0 Å². The SMILES string of the molecule is O=C(O)CCC(Cl)c1ccc(-c2ccc(Cl)cc2)cc1. The maximum absolute atomic E-state index is 10.5. The van der Waals surface area contributed by atoms with Gasteiger partial charge in [-0.1, -0.05) is 48.0 Å². The molecule has 2 aromatic rings. The monoisotopic (exact) mass is 308 g/mol. The minimum Gasteiger partial charge on any atom is -0.481 e. The van der Waals surface area contributed by atoms with Crippen molar-refractivity contribution in [2.75, 3.05) is 0 Å². The van der Waals surface area contributed by atoms with Crippen molar-refractivity contribution in [3.8, 4) is 11.1 Å². The van der Waals surface area contributed by atoms with Crippen LogP contribution < -0.4 is 0 Å². The highest BCUT2D eigenvalue weighted by Crippen LogP contribution is 2.28. The first-order valence-corrected chi connectivity index (χ1v) is 7.09. The van der Waals surface area contributed by atoms with Crippen molar-refractivity contribution in [1.82, 2.24) is 0 Å². The summed E-state index contributed by atoms with van der Waals surface area (Å²) in [5.74, 6) is -0.826. The van der Waals surface area contributed by atoms with Gasteiger partial charge in [0.2, 0.25) is 0 Å². The van der Waals surface area contributed by atoms with Crippen LogP contribution in [-0.2, 0) is 4.79 Å². The van der Waals surface area contributed by atoms with E-state index < -0.39 is 5.97 Å². The van der Waals surface area contributed by atoms with Gasteiger partial charge in [0.25, 0.3) is 0 Å². The van der Waals surface area contributed by atoms with Crippen LogP contribution in [0.2, 0.25) is 5.02 Å². The van der Waals surface area contributed by atoms with Crippen LogP contribution >= 0.6 is 23.2 Å². The van der Waals surface area contributed by atoms with Gasteiger partial charge in [-0.05, 0) is 35.2 Å². The lowest BCUT2D eigenvalue weighted by Gasteiger charge is -2.09. The normalized spacial score (nSPS) is 12.1. The van der Waals surface area contributed by atoms with Crippen molar-refractivity contribution in [2.45, 2.75) is 18.2 Å². The number of benzene rings is 2. The van der Waals surface area contributed by atoms with Gasteiger partial charge in [0, 0.05) is 11.4 Å². The van der Waals surface area contributed by atoms with Gasteiger partial charge >= 0.3 is 5.97 Å². The Hall–Kier alpha value is -1.51. The number of hydrogen-bond donors (Lipinski definition) is 1. The second-order valence-corrected chi connectivity index (χ2v) is 5.49. The molecule has 104 valence electrons. The number of carbonyl (C=O) groups is 1. The lowest BCUT2D eigenvalue weighted by Crippen LogP contribution is -1.98. The minimum absolute atomic E-state index is 0.0765. The summed E-state index contributed by atoms with van der Waals surface area (Å²) in [6, 6.07) is 15.4. The Kier molecular flexibility index (Phi) is 5.05. The van der Waals surface area contributed by atoms with E-state index in [0.717, 1.165) is 16.7 Å². The highest BCUT2D eigenvalue weighted by Gasteiger charge is 2.10. The summed E-state index contributed by atoms with van der Waals surface area (Å²) in [7, 11) is 0. The Bertz CT molecular complexity index is 576. The molecule has 0 saturated carbocycles. The van der Waals surface area contributed by atoms with Crippen molar-refractivity contribution in [1.29, 1.82) is 0 Å². The van der Waals surface area contributed by atoms with Gasteiger partial charge in [0.15, 0.2) is 0 Å². The van der Waals surface area contributed by atoms with Crippen molar-refractivity contribution in [3.05, 3.63) is 59.1 Å². The second kappa shape index (κ2) is 6.78. The van der Waals surface area contributed by atoms with Crippen LogP contribution in [0.15, 0.2) is 48.5 Å². The van der Waals surface area contributed by atoms with Crippen LogP contribution in [-0.4, -0.2) is 11.1 Å². The molecule has 1 N–H and O–H groups in total. The Morgan fingerprint density at radius 2 is 1.50 bits per heavy atom. The topological polar surface area (TPSA) is 37.3 Å². The fourth-order valence-corrected chi connectivity index (χ4v) is 2.32. The largest absolute Gasteiger partial charge is 0.481 e. The molecule has 0 aliphatic heterocycles. The maximum Gasteiger partial charge on any atom is 0.303 e. The molecule has 2 nitrogen and oxygen atoms in total. The van der Waals surface area contributed by atoms with Gasteiger partial charge in [-0.3, -0.25) is 4.79 Å². The highest BCUT2D eigenvalue weighted by atomic mass is 35.5. The molecule has 0 amide bonds. The molecule has 0 aliphatic carbocycles. The average molecular weight is 309 g/mol. The third kappa shape index (κ3) is 3.99. The van der Waals surface area contributed by atoms with Crippen LogP contribution in [0.5, 0.6) is 0 Å². The molecule has 1 unspecified atom stereocenters. The summed E-state index contributed by atoms with van der Waals surface area (Å²) in [6.45, 7) is 0. The number of hydrogen-bond acceptors (Lipinski definition) is 1. The van der Waals surface area contributed by atoms with Crippen molar-refractivity contribution >= 4 is 29.2 Å². The van der Waals surface area contributed by atoms with E-state index in [-0.39, 0.29) is 11.8 Å². The number of rotatable bonds is 5. The summed E-state index contributed by atoms with van der Waals surface area (Å²) in [5, 5.41) is 9.09. The van der Waals surface area contributed by atoms with E-state index in [0.29, 0.717) is 11.4 Å². The third-order valence-electron chi connectivity index (χ3n) is 3.06. The van der Waals surface area contributed by atoms with Gasteiger partial charge in [-0.25, -0.2) is 0 Å². The standard InChI is InChI=1S/C16H14Cl2O2/c17-14-7-5-12(6-8-14)11-1-3-13(4-2-11)15(18)9-10-16(19)20/h1-8,15H,9-10H2,(H,19,20). The molecule has 0 bridgehead atoms. The van der Waals surface area contributed by atoms with Crippen molar-refractivity contribution < 1.29 is 9.90 Å². The van der Waals surface area contributed by atoms with Crippen LogP contribution in [0.3, 0.4) is 0 Å². The van der Waals surface area contributed by atoms with Crippen LogP contribution in [0, 0.1) is 0 Å². The summed E-state index contributed by atoms with van der Waals surface area (Å²) in [5.41, 5.74) is 3.09. The van der Waals surface area contributed by atoms with Crippen molar-refractivity contribution in [2.24, 2.45) is 0 Å². The van der Waals surface area contributed by atoms with Gasteiger partial charge in [0.1, 0.15) is 0 Å². The summed E-state index contributed by atoms with van der Waals surface area (Å²) in [6.07, 6.45) is 0.504. The fraction of sp³-hybridized carbons (Fsp3) is 0.188. The van der Waals surface area contributed by atoms with E-state index in [1.165, 1.54) is 0 Å². The number of halogens is 2. The van der Waals surface area contributed by atoms with Crippen LogP contribution in [0.1, 0.15) is 23.8 Å². The fourth-order valence-electron chi connectivity index (χ4n) is 1.94. The molecule has 0 fully saturated rings. The molecule has 0 aromatic heterocycles. The molecular formula is C16H14Cl2O2. The van der Waals surface area contributed by atoms with E-state index in [9.17, 15) is 4.79 Å². The zero-order valence-electron chi connectivity index (χ0n) is 10.7. The summed E-state index contributed by atoms with van der Waals surface area (Å²) >= 11 is 12.0. The molecule has 2 rings (SSSR count).